The van der Waals surface area contributed by atoms with E-state index in [2.05, 4.69) is 15.0 Å². The van der Waals surface area contributed by atoms with Crippen LogP contribution in [-0.4, -0.2) is 65.6 Å². The summed E-state index contributed by atoms with van der Waals surface area (Å²) in [6.07, 6.45) is 1.41. The number of methoxy groups -OCH3 is 1. The van der Waals surface area contributed by atoms with Crippen LogP contribution in [0.25, 0.3) is 0 Å². The average molecular weight is 423 g/mol. The van der Waals surface area contributed by atoms with Gasteiger partial charge in [-0.1, -0.05) is 11.6 Å². The molecule has 0 spiro atoms. The zero-order valence-corrected chi connectivity index (χ0v) is 17.1. The van der Waals surface area contributed by atoms with Gasteiger partial charge in [0.15, 0.2) is 5.96 Å². The first-order valence-corrected chi connectivity index (χ1v) is 10.8. The Morgan fingerprint density at radius 2 is 2.08 bits per heavy atom. The molecular weight excluding hydrogens is 400 g/mol. The van der Waals surface area contributed by atoms with Crippen molar-refractivity contribution in [1.82, 2.24) is 14.9 Å². The fraction of sp³-hybridized carbons (Fsp3) is 0.600. The molecule has 0 aromatic carbocycles. The van der Waals surface area contributed by atoms with Crippen LogP contribution < -0.4 is 10.0 Å². The van der Waals surface area contributed by atoms with Gasteiger partial charge in [0, 0.05) is 33.2 Å². The molecular formula is C15H23ClN4O4S2. The Balaban J connectivity index is 1.77. The maximum atomic E-state index is 12.1. The highest BCUT2D eigenvalue weighted by Crippen LogP contribution is 2.25. The highest BCUT2D eigenvalue weighted by Gasteiger charge is 2.27. The minimum atomic E-state index is -3.55. The van der Waals surface area contributed by atoms with Crippen molar-refractivity contribution >= 4 is 44.9 Å². The van der Waals surface area contributed by atoms with Crippen molar-refractivity contribution in [3.8, 4) is 0 Å². The lowest BCUT2D eigenvalue weighted by atomic mass is 9.97. The molecule has 0 radical (unpaired) electrons. The van der Waals surface area contributed by atoms with E-state index in [-0.39, 0.29) is 22.6 Å². The van der Waals surface area contributed by atoms with Gasteiger partial charge < -0.3 is 15.0 Å². The molecule has 0 saturated carbocycles. The third-order valence-electron chi connectivity index (χ3n) is 4.05. The van der Waals surface area contributed by atoms with Crippen LogP contribution in [0.4, 0.5) is 0 Å². The van der Waals surface area contributed by atoms with Gasteiger partial charge >= 0.3 is 5.97 Å². The number of nitrogens with zero attached hydrogens (tertiary/aromatic N) is 2. The Morgan fingerprint density at radius 1 is 1.38 bits per heavy atom. The van der Waals surface area contributed by atoms with Crippen molar-refractivity contribution in [2.45, 2.75) is 17.1 Å². The summed E-state index contributed by atoms with van der Waals surface area (Å²) in [5, 5.41) is 3.14. The molecule has 146 valence electrons. The number of carbonyl (C=O) groups is 1. The van der Waals surface area contributed by atoms with Crippen molar-refractivity contribution in [2.75, 3.05) is 40.3 Å². The molecule has 0 aliphatic carbocycles. The van der Waals surface area contributed by atoms with E-state index in [1.165, 1.54) is 13.2 Å². The number of nitrogens with one attached hydrogen (secondary N) is 2. The van der Waals surface area contributed by atoms with E-state index in [0.29, 0.717) is 42.8 Å². The van der Waals surface area contributed by atoms with Gasteiger partial charge in [-0.2, -0.15) is 0 Å². The molecule has 1 fully saturated rings. The van der Waals surface area contributed by atoms with E-state index in [1.807, 2.05) is 4.90 Å². The van der Waals surface area contributed by atoms with Crippen LogP contribution in [0.5, 0.6) is 0 Å². The maximum Gasteiger partial charge on any atom is 0.308 e. The van der Waals surface area contributed by atoms with Crippen molar-refractivity contribution in [3.05, 3.63) is 16.5 Å². The lowest BCUT2D eigenvalue weighted by Gasteiger charge is -2.33. The third-order valence-corrected chi connectivity index (χ3v) is 7.24. The predicted molar refractivity (Wildman–Crippen MR) is 102 cm³/mol. The number of guanidine groups is 1. The summed E-state index contributed by atoms with van der Waals surface area (Å²) in [5.74, 6) is 0.446. The Bertz CT molecular complexity index is 743. The summed E-state index contributed by atoms with van der Waals surface area (Å²) in [6.45, 7) is 2.00. The van der Waals surface area contributed by atoms with Crippen molar-refractivity contribution in [1.29, 1.82) is 0 Å². The lowest BCUT2D eigenvalue weighted by molar-refractivity contribution is -0.146. The summed E-state index contributed by atoms with van der Waals surface area (Å²) in [6, 6.07) is 3.03. The maximum absolute atomic E-state index is 12.1. The van der Waals surface area contributed by atoms with Crippen LogP contribution in [-0.2, 0) is 19.6 Å². The van der Waals surface area contributed by atoms with Crippen molar-refractivity contribution in [2.24, 2.45) is 10.9 Å². The molecule has 2 rings (SSSR count). The van der Waals surface area contributed by atoms with Crippen LogP contribution in [0.3, 0.4) is 0 Å². The van der Waals surface area contributed by atoms with Gasteiger partial charge in [0.05, 0.1) is 17.4 Å². The molecule has 1 aliphatic rings. The molecule has 2 N–H and O–H groups in total. The molecule has 1 aromatic heterocycles. The molecule has 11 heteroatoms. The number of halogens is 1. The normalized spacial score (nSPS) is 16.6. The Hall–Kier alpha value is -1.36. The van der Waals surface area contributed by atoms with Crippen LogP contribution in [0.15, 0.2) is 21.3 Å². The Kier molecular flexibility index (Phi) is 7.69. The van der Waals surface area contributed by atoms with Gasteiger partial charge in [0.1, 0.15) is 4.21 Å². The minimum absolute atomic E-state index is 0.0706. The summed E-state index contributed by atoms with van der Waals surface area (Å²) in [5.41, 5.74) is 0. The molecule has 0 bridgehead atoms. The molecule has 1 saturated heterocycles. The monoisotopic (exact) mass is 422 g/mol. The largest absolute Gasteiger partial charge is 0.469 e. The highest BCUT2D eigenvalue weighted by atomic mass is 35.5. The van der Waals surface area contributed by atoms with Gasteiger partial charge in [-0.15, -0.1) is 11.3 Å². The first-order chi connectivity index (χ1) is 12.4. The SMILES string of the molecule is CN=C(NCCNS(=O)(=O)c1ccc(Cl)s1)N1CCC(C(=O)OC)CC1. The van der Waals surface area contributed by atoms with Gasteiger partial charge in [0.2, 0.25) is 10.0 Å². The molecule has 8 nitrogen and oxygen atoms in total. The number of likely N-dealkylation sites (tertiary alicyclic amines) is 1. The van der Waals surface area contributed by atoms with E-state index in [1.54, 1.807) is 13.1 Å². The number of piperidine rings is 1. The van der Waals surface area contributed by atoms with Crippen LogP contribution in [0, 0.1) is 5.92 Å². The van der Waals surface area contributed by atoms with Crippen molar-refractivity contribution in [3.63, 3.8) is 0 Å². The highest BCUT2D eigenvalue weighted by molar-refractivity contribution is 7.91. The molecule has 0 atom stereocenters. The first-order valence-electron chi connectivity index (χ1n) is 8.16. The Morgan fingerprint density at radius 3 is 2.62 bits per heavy atom. The number of hydrogen-bond acceptors (Lipinski definition) is 6. The van der Waals surface area contributed by atoms with E-state index >= 15 is 0 Å². The van der Waals surface area contributed by atoms with E-state index in [9.17, 15) is 13.2 Å². The topological polar surface area (TPSA) is 100 Å². The number of aliphatic imine (C=N–C) groups is 1. The molecule has 0 amide bonds. The zero-order valence-electron chi connectivity index (χ0n) is 14.7. The molecule has 0 unspecified atom stereocenters. The third kappa shape index (κ3) is 5.57. The number of rotatable bonds is 6. The number of sulfonamides is 1. The first kappa shape index (κ1) is 20.9. The fourth-order valence-corrected chi connectivity index (χ4v) is 5.26. The predicted octanol–water partition coefficient (Wildman–Crippen LogP) is 1.14. The number of esters is 1. The number of hydrogen-bond donors (Lipinski definition) is 2. The van der Waals surface area contributed by atoms with Gasteiger partial charge in [0.25, 0.3) is 0 Å². The van der Waals surface area contributed by atoms with Crippen LogP contribution >= 0.6 is 22.9 Å². The van der Waals surface area contributed by atoms with E-state index in [0.717, 1.165) is 11.3 Å². The van der Waals surface area contributed by atoms with Crippen LogP contribution in [0.1, 0.15) is 12.8 Å². The van der Waals surface area contributed by atoms with Crippen molar-refractivity contribution < 1.29 is 17.9 Å². The zero-order chi connectivity index (χ0) is 19.2. The average Bonchev–Trinajstić information content (AvgIpc) is 3.09. The summed E-state index contributed by atoms with van der Waals surface area (Å²) < 4.78 is 32.2. The van der Waals surface area contributed by atoms with E-state index < -0.39 is 10.0 Å². The standard InChI is InChI=1S/C15H23ClN4O4S2/c1-17-15(20-9-5-11(6-10-20)14(21)24-2)18-7-8-19-26(22,23)13-4-3-12(16)25-13/h3-4,11,19H,5-10H2,1-2H3,(H,17,18). The van der Waals surface area contributed by atoms with E-state index in [4.69, 9.17) is 16.3 Å². The Labute approximate surface area is 162 Å². The summed E-state index contributed by atoms with van der Waals surface area (Å²) in [4.78, 5) is 17.8. The van der Waals surface area contributed by atoms with Crippen LogP contribution in [0.2, 0.25) is 4.34 Å². The second-order valence-corrected chi connectivity index (χ2v) is 9.42. The summed E-state index contributed by atoms with van der Waals surface area (Å²) in [7, 11) is -0.473. The number of thiophene rings is 1. The fourth-order valence-electron chi connectivity index (χ4n) is 2.70. The van der Waals surface area contributed by atoms with Gasteiger partial charge in [-0.05, 0) is 25.0 Å². The second-order valence-electron chi connectivity index (χ2n) is 5.71. The molecule has 1 aliphatic heterocycles. The molecule has 2 heterocycles. The quantitative estimate of drug-likeness (QED) is 0.308. The summed E-state index contributed by atoms with van der Waals surface area (Å²) >= 11 is 6.79. The van der Waals surface area contributed by atoms with Gasteiger partial charge in [-0.25, -0.2) is 13.1 Å². The number of carbonyl (C=O) groups excluding carboxylic acids is 1. The molecule has 1 aromatic rings. The molecule has 26 heavy (non-hydrogen) atoms. The van der Waals surface area contributed by atoms with Gasteiger partial charge in [-0.3, -0.25) is 9.79 Å². The second kappa shape index (κ2) is 9.54. The number of ether oxygens (including phenoxy) is 1. The smallest absolute Gasteiger partial charge is 0.308 e. The minimum Gasteiger partial charge on any atom is -0.469 e. The lowest BCUT2D eigenvalue weighted by Crippen LogP contribution is -2.48.